The molecule has 3 aromatic rings. The molecule has 0 fully saturated rings. The predicted octanol–water partition coefficient (Wildman–Crippen LogP) is 3.05. The highest BCUT2D eigenvalue weighted by Gasteiger charge is 2.27. The molecule has 1 aliphatic heterocycles. The third-order valence-electron chi connectivity index (χ3n) is 5.90. The van der Waals surface area contributed by atoms with Crippen molar-refractivity contribution < 1.29 is 14.6 Å². The molecule has 0 saturated heterocycles. The van der Waals surface area contributed by atoms with E-state index in [1.54, 1.807) is 17.9 Å². The van der Waals surface area contributed by atoms with Gasteiger partial charge in [0.25, 0.3) is 5.91 Å². The van der Waals surface area contributed by atoms with Gasteiger partial charge in [0, 0.05) is 24.2 Å². The van der Waals surface area contributed by atoms with Gasteiger partial charge in [-0.25, -0.2) is 9.97 Å². The summed E-state index contributed by atoms with van der Waals surface area (Å²) < 4.78 is 5.90. The maximum absolute atomic E-state index is 13.4. The highest BCUT2D eigenvalue weighted by atomic mass is 16.5. The van der Waals surface area contributed by atoms with Crippen LogP contribution < -0.4 is 4.74 Å². The van der Waals surface area contributed by atoms with Crippen molar-refractivity contribution in [3.8, 4) is 5.75 Å². The first-order valence-electron chi connectivity index (χ1n) is 10.8. The van der Waals surface area contributed by atoms with Crippen molar-refractivity contribution in [2.45, 2.75) is 32.9 Å². The van der Waals surface area contributed by atoms with E-state index in [1.807, 2.05) is 63.2 Å². The van der Waals surface area contributed by atoms with Gasteiger partial charge in [0.1, 0.15) is 12.4 Å². The van der Waals surface area contributed by atoms with Crippen LogP contribution in [-0.4, -0.2) is 64.6 Å². The van der Waals surface area contributed by atoms with Crippen LogP contribution >= 0.6 is 0 Å². The number of carbonyl (C=O) groups is 1. The molecule has 1 atom stereocenters. The summed E-state index contributed by atoms with van der Waals surface area (Å²) in [6, 6.07) is 11.2. The fourth-order valence-electron chi connectivity index (χ4n) is 4.16. The number of hydrogen-bond donors (Lipinski definition) is 1. The molecule has 0 bridgehead atoms. The van der Waals surface area contributed by atoms with Crippen molar-refractivity contribution in [2.24, 2.45) is 0 Å². The third kappa shape index (κ3) is 4.45. The molecule has 1 amide bonds. The van der Waals surface area contributed by atoms with Gasteiger partial charge in [-0.1, -0.05) is 6.07 Å². The zero-order chi connectivity index (χ0) is 23.0. The Morgan fingerprint density at radius 1 is 1.12 bits per heavy atom. The second kappa shape index (κ2) is 8.48. The largest absolute Gasteiger partial charge is 0.491 e. The summed E-state index contributed by atoms with van der Waals surface area (Å²) in [5, 5.41) is 10.9. The second-order valence-electron chi connectivity index (χ2n) is 9.01. The molecule has 1 unspecified atom stereocenters. The average Bonchev–Trinajstić information content (AvgIpc) is 2.94. The minimum Gasteiger partial charge on any atom is -0.491 e. The first-order valence-corrected chi connectivity index (χ1v) is 10.8. The summed E-state index contributed by atoms with van der Waals surface area (Å²) >= 11 is 0. The highest BCUT2D eigenvalue weighted by molar-refractivity contribution is 5.97. The number of likely N-dealkylation sites (N-methyl/N-ethyl adjacent to an activating group) is 1. The molecule has 168 valence electrons. The smallest absolute Gasteiger partial charge is 0.254 e. The van der Waals surface area contributed by atoms with Crippen molar-refractivity contribution in [3.63, 3.8) is 0 Å². The number of ether oxygens (including phenoxy) is 1. The van der Waals surface area contributed by atoms with Crippen molar-refractivity contribution in [1.29, 1.82) is 0 Å². The number of nitrogens with zero attached hydrogens (tertiary/aromatic N) is 4. The zero-order valence-corrected chi connectivity index (χ0v) is 19.3. The molecule has 7 nitrogen and oxygen atoms in total. The summed E-state index contributed by atoms with van der Waals surface area (Å²) in [5.41, 5.74) is 4.50. The maximum Gasteiger partial charge on any atom is 0.254 e. The van der Waals surface area contributed by atoms with Crippen LogP contribution in [0.15, 0.2) is 36.4 Å². The lowest BCUT2D eigenvalue weighted by Crippen LogP contribution is -2.35. The van der Waals surface area contributed by atoms with Gasteiger partial charge in [0.15, 0.2) is 0 Å². The van der Waals surface area contributed by atoms with Crippen LogP contribution in [0.4, 0.5) is 0 Å². The van der Waals surface area contributed by atoms with Gasteiger partial charge in [-0.2, -0.15) is 0 Å². The van der Waals surface area contributed by atoms with Crippen molar-refractivity contribution in [2.75, 3.05) is 33.8 Å². The van der Waals surface area contributed by atoms with E-state index in [0.29, 0.717) is 37.3 Å². The molecule has 4 rings (SSSR count). The Balaban J connectivity index is 1.62. The van der Waals surface area contributed by atoms with E-state index < -0.39 is 5.60 Å². The molecular formula is C25H30N4O3. The molecule has 7 heteroatoms. The molecule has 2 heterocycles. The van der Waals surface area contributed by atoms with Crippen LogP contribution in [0, 0.1) is 13.8 Å². The van der Waals surface area contributed by atoms with Gasteiger partial charge in [0.05, 0.1) is 34.6 Å². The predicted molar refractivity (Wildman–Crippen MR) is 124 cm³/mol. The Morgan fingerprint density at radius 2 is 1.84 bits per heavy atom. The second-order valence-corrected chi connectivity index (χ2v) is 9.01. The van der Waals surface area contributed by atoms with Gasteiger partial charge < -0.3 is 19.6 Å². The molecule has 32 heavy (non-hydrogen) atoms. The van der Waals surface area contributed by atoms with E-state index in [-0.39, 0.29) is 5.91 Å². The number of fused-ring (bicyclic) bond motifs is 2. The van der Waals surface area contributed by atoms with E-state index in [0.717, 1.165) is 33.8 Å². The zero-order valence-electron chi connectivity index (χ0n) is 19.3. The Hall–Kier alpha value is -3.03. The van der Waals surface area contributed by atoms with Gasteiger partial charge in [-0.05, 0) is 70.8 Å². The number of benzene rings is 2. The van der Waals surface area contributed by atoms with Gasteiger partial charge >= 0.3 is 0 Å². The lowest BCUT2D eigenvalue weighted by Gasteiger charge is -2.28. The van der Waals surface area contributed by atoms with E-state index in [1.165, 1.54) is 0 Å². The Bertz CT molecular complexity index is 1170. The lowest BCUT2D eigenvalue weighted by atomic mass is 9.93. The standard InChI is InChI=1S/C25H30N4O3/c1-16-17(2)27-22-13-18(6-8-21(22)26-16)24(30)29-10-11-32-23-9-7-20(12-19(23)14-29)25(3,31)15-28(4)5/h6-9,12-13,31H,10-11,14-15H2,1-5H3. The highest BCUT2D eigenvalue weighted by Crippen LogP contribution is 2.30. The number of aromatic nitrogens is 2. The summed E-state index contributed by atoms with van der Waals surface area (Å²) in [6.07, 6.45) is 0. The molecule has 0 radical (unpaired) electrons. The first-order chi connectivity index (χ1) is 15.1. The van der Waals surface area contributed by atoms with Gasteiger partial charge in [-0.3, -0.25) is 4.79 Å². The Labute approximate surface area is 188 Å². The SMILES string of the molecule is Cc1nc2ccc(C(=O)N3CCOc4ccc(C(C)(O)CN(C)C)cc4C3)cc2nc1C. The van der Waals surface area contributed by atoms with E-state index in [2.05, 4.69) is 9.97 Å². The van der Waals surface area contributed by atoms with Crippen LogP contribution in [0.25, 0.3) is 11.0 Å². The topological polar surface area (TPSA) is 78.8 Å². The van der Waals surface area contributed by atoms with Crippen LogP contribution in [-0.2, 0) is 12.1 Å². The minimum absolute atomic E-state index is 0.0752. The normalized spacial score (nSPS) is 15.8. The average molecular weight is 435 g/mol. The van der Waals surface area contributed by atoms with Crippen LogP contribution in [0.1, 0.15) is 39.8 Å². The number of amides is 1. The van der Waals surface area contributed by atoms with Crippen LogP contribution in [0.5, 0.6) is 5.75 Å². The van der Waals surface area contributed by atoms with Crippen LogP contribution in [0.2, 0.25) is 0 Å². The molecule has 1 N–H and O–H groups in total. The van der Waals surface area contributed by atoms with Crippen molar-refractivity contribution >= 4 is 16.9 Å². The number of aryl methyl sites for hydroxylation is 2. The summed E-state index contributed by atoms with van der Waals surface area (Å²) in [5.74, 6) is 0.675. The monoisotopic (exact) mass is 434 g/mol. The molecule has 2 aromatic carbocycles. The van der Waals surface area contributed by atoms with Gasteiger partial charge in [0.2, 0.25) is 0 Å². The maximum atomic E-state index is 13.4. The number of carbonyl (C=O) groups excluding carboxylic acids is 1. The third-order valence-corrected chi connectivity index (χ3v) is 5.90. The summed E-state index contributed by atoms with van der Waals surface area (Å²) in [6.45, 7) is 7.45. The van der Waals surface area contributed by atoms with Crippen molar-refractivity contribution in [3.05, 3.63) is 64.5 Å². The first kappa shape index (κ1) is 22.2. The molecule has 0 spiro atoms. The fraction of sp³-hybridized carbons (Fsp3) is 0.400. The molecule has 0 aliphatic carbocycles. The fourth-order valence-corrected chi connectivity index (χ4v) is 4.16. The van der Waals surface area contributed by atoms with Gasteiger partial charge in [-0.15, -0.1) is 0 Å². The van der Waals surface area contributed by atoms with Crippen molar-refractivity contribution in [1.82, 2.24) is 19.8 Å². The van der Waals surface area contributed by atoms with Crippen LogP contribution in [0.3, 0.4) is 0 Å². The number of rotatable bonds is 4. The van der Waals surface area contributed by atoms with E-state index in [9.17, 15) is 9.90 Å². The number of hydrogen-bond acceptors (Lipinski definition) is 6. The quantitative estimate of drug-likeness (QED) is 0.680. The summed E-state index contributed by atoms with van der Waals surface area (Å²) in [7, 11) is 3.86. The lowest BCUT2D eigenvalue weighted by molar-refractivity contribution is 0.0299. The molecule has 1 aromatic heterocycles. The molecule has 1 aliphatic rings. The Kier molecular flexibility index (Phi) is 5.88. The van der Waals surface area contributed by atoms with E-state index in [4.69, 9.17) is 4.74 Å². The molecular weight excluding hydrogens is 404 g/mol. The Morgan fingerprint density at radius 3 is 2.56 bits per heavy atom. The van der Waals surface area contributed by atoms with E-state index >= 15 is 0 Å². The molecule has 0 saturated carbocycles. The minimum atomic E-state index is -1.01. The summed E-state index contributed by atoms with van der Waals surface area (Å²) in [4.78, 5) is 26.2. The number of aliphatic hydroxyl groups is 1.